The van der Waals surface area contributed by atoms with E-state index in [1.807, 2.05) is 32.0 Å². The second kappa shape index (κ2) is 11.8. The lowest BCUT2D eigenvalue weighted by atomic mass is 10.2. The van der Waals surface area contributed by atoms with E-state index in [0.29, 0.717) is 29.2 Å². The number of nitrogens with zero attached hydrogens (tertiary/aromatic N) is 1. The fourth-order valence-corrected chi connectivity index (χ4v) is 3.04. The Morgan fingerprint density at radius 3 is 2.45 bits per heavy atom. The average molecular weight is 511 g/mol. The topological polar surface area (TPSA) is 86.2 Å². The molecule has 0 saturated heterocycles. The second-order valence-corrected chi connectivity index (χ2v) is 7.80. The monoisotopic (exact) mass is 510 g/mol. The van der Waals surface area contributed by atoms with Gasteiger partial charge in [-0.15, -0.1) is 0 Å². The SMILES string of the molecule is CCOc1cc(C=NNC(=O)COc2ccccc2C)ccc1OC(=O)c1ccc(Br)cc1. The Morgan fingerprint density at radius 2 is 1.73 bits per heavy atom. The van der Waals surface area contributed by atoms with E-state index in [1.54, 1.807) is 48.5 Å². The fraction of sp³-hybridized carbons (Fsp3) is 0.160. The first kappa shape index (κ1) is 24.0. The van der Waals surface area contributed by atoms with Crippen molar-refractivity contribution in [3.05, 3.63) is 87.9 Å². The lowest BCUT2D eigenvalue weighted by Gasteiger charge is -2.11. The number of aryl methyl sites for hydroxylation is 1. The Hall–Kier alpha value is -3.65. The zero-order valence-corrected chi connectivity index (χ0v) is 19.8. The van der Waals surface area contributed by atoms with Gasteiger partial charge < -0.3 is 14.2 Å². The first-order chi connectivity index (χ1) is 16.0. The molecule has 0 saturated carbocycles. The van der Waals surface area contributed by atoms with Crippen molar-refractivity contribution in [3.63, 3.8) is 0 Å². The van der Waals surface area contributed by atoms with Gasteiger partial charge >= 0.3 is 5.97 Å². The number of esters is 1. The maximum atomic E-state index is 12.4. The summed E-state index contributed by atoms with van der Waals surface area (Å²) in [4.78, 5) is 24.4. The molecule has 0 aliphatic rings. The fourth-order valence-electron chi connectivity index (χ4n) is 2.78. The van der Waals surface area contributed by atoms with E-state index in [9.17, 15) is 9.59 Å². The van der Waals surface area contributed by atoms with Crippen LogP contribution in [0.15, 0.2) is 76.3 Å². The van der Waals surface area contributed by atoms with E-state index in [4.69, 9.17) is 14.2 Å². The van der Waals surface area contributed by atoms with Gasteiger partial charge in [-0.25, -0.2) is 10.2 Å². The Bertz CT molecular complexity index is 1150. The quantitative estimate of drug-likeness (QED) is 0.191. The highest BCUT2D eigenvalue weighted by atomic mass is 79.9. The molecule has 1 amide bonds. The minimum atomic E-state index is -0.495. The number of benzene rings is 3. The summed E-state index contributed by atoms with van der Waals surface area (Å²) in [6, 6.07) is 19.3. The molecule has 0 radical (unpaired) electrons. The molecule has 3 rings (SSSR count). The van der Waals surface area contributed by atoms with Crippen molar-refractivity contribution in [3.8, 4) is 17.2 Å². The van der Waals surface area contributed by atoms with E-state index < -0.39 is 5.97 Å². The molecule has 3 aromatic carbocycles. The summed E-state index contributed by atoms with van der Waals surface area (Å²) in [5, 5.41) is 3.95. The van der Waals surface area contributed by atoms with Crippen molar-refractivity contribution < 1.29 is 23.8 Å². The number of para-hydroxylation sites is 1. The van der Waals surface area contributed by atoms with E-state index in [0.717, 1.165) is 10.0 Å². The molecule has 0 atom stereocenters. The van der Waals surface area contributed by atoms with Gasteiger partial charge in [0.1, 0.15) is 5.75 Å². The smallest absolute Gasteiger partial charge is 0.343 e. The Labute approximate surface area is 200 Å². The first-order valence-corrected chi connectivity index (χ1v) is 11.0. The average Bonchev–Trinajstić information content (AvgIpc) is 2.80. The Morgan fingerprint density at radius 1 is 0.970 bits per heavy atom. The van der Waals surface area contributed by atoms with Crippen LogP contribution in [0.3, 0.4) is 0 Å². The van der Waals surface area contributed by atoms with Gasteiger partial charge in [-0.2, -0.15) is 5.10 Å². The molecular formula is C25H23BrN2O5. The van der Waals surface area contributed by atoms with Gasteiger partial charge in [-0.05, 0) is 73.5 Å². The summed E-state index contributed by atoms with van der Waals surface area (Å²) in [5.41, 5.74) is 4.44. The highest BCUT2D eigenvalue weighted by Gasteiger charge is 2.13. The maximum absolute atomic E-state index is 12.4. The molecule has 0 heterocycles. The van der Waals surface area contributed by atoms with Gasteiger partial charge in [0, 0.05) is 4.47 Å². The van der Waals surface area contributed by atoms with Gasteiger partial charge in [0.15, 0.2) is 18.1 Å². The van der Waals surface area contributed by atoms with Crippen LogP contribution in [-0.4, -0.2) is 31.3 Å². The summed E-state index contributed by atoms with van der Waals surface area (Å²) < 4.78 is 17.5. The first-order valence-electron chi connectivity index (χ1n) is 10.2. The van der Waals surface area contributed by atoms with Crippen molar-refractivity contribution in [1.82, 2.24) is 5.43 Å². The zero-order valence-electron chi connectivity index (χ0n) is 18.2. The van der Waals surface area contributed by atoms with Crippen LogP contribution in [0, 0.1) is 6.92 Å². The van der Waals surface area contributed by atoms with Crippen LogP contribution in [0.2, 0.25) is 0 Å². The number of ether oxygens (including phenoxy) is 3. The summed E-state index contributed by atoms with van der Waals surface area (Å²) in [6.45, 7) is 3.96. The van der Waals surface area contributed by atoms with Gasteiger partial charge in [0.2, 0.25) is 0 Å². The van der Waals surface area contributed by atoms with Crippen LogP contribution in [0.25, 0.3) is 0 Å². The lowest BCUT2D eigenvalue weighted by Crippen LogP contribution is -2.24. The lowest BCUT2D eigenvalue weighted by molar-refractivity contribution is -0.123. The van der Waals surface area contributed by atoms with Crippen molar-refractivity contribution in [2.45, 2.75) is 13.8 Å². The third-order valence-electron chi connectivity index (χ3n) is 4.41. The van der Waals surface area contributed by atoms with Crippen LogP contribution >= 0.6 is 15.9 Å². The molecule has 0 aromatic heterocycles. The number of hydrogen-bond acceptors (Lipinski definition) is 6. The third-order valence-corrected chi connectivity index (χ3v) is 4.93. The molecule has 8 heteroatoms. The van der Waals surface area contributed by atoms with Gasteiger partial charge in [-0.3, -0.25) is 4.79 Å². The van der Waals surface area contributed by atoms with Crippen molar-refractivity contribution in [1.29, 1.82) is 0 Å². The van der Waals surface area contributed by atoms with Crippen LogP contribution in [0.5, 0.6) is 17.2 Å². The zero-order chi connectivity index (χ0) is 23.6. The van der Waals surface area contributed by atoms with E-state index in [-0.39, 0.29) is 18.3 Å². The summed E-state index contributed by atoms with van der Waals surface area (Å²) in [7, 11) is 0. The van der Waals surface area contributed by atoms with Crippen LogP contribution < -0.4 is 19.6 Å². The molecule has 0 spiro atoms. The van der Waals surface area contributed by atoms with Gasteiger partial charge in [0.25, 0.3) is 5.91 Å². The number of halogens is 1. The molecule has 33 heavy (non-hydrogen) atoms. The number of amides is 1. The molecule has 170 valence electrons. The van der Waals surface area contributed by atoms with Crippen LogP contribution in [0.1, 0.15) is 28.4 Å². The molecule has 0 aliphatic carbocycles. The highest BCUT2D eigenvalue weighted by molar-refractivity contribution is 9.10. The number of nitrogens with one attached hydrogen (secondary N) is 1. The third kappa shape index (κ3) is 7.18. The minimum absolute atomic E-state index is 0.155. The van der Waals surface area contributed by atoms with Gasteiger partial charge in [0.05, 0.1) is 18.4 Å². The van der Waals surface area contributed by atoms with Crippen LogP contribution in [0.4, 0.5) is 0 Å². The number of hydrogen-bond donors (Lipinski definition) is 1. The predicted octanol–water partition coefficient (Wildman–Crippen LogP) is 4.90. The molecule has 0 aliphatic heterocycles. The largest absolute Gasteiger partial charge is 0.490 e. The predicted molar refractivity (Wildman–Crippen MR) is 129 cm³/mol. The Kier molecular flexibility index (Phi) is 8.60. The van der Waals surface area contributed by atoms with E-state index >= 15 is 0 Å². The molecule has 7 nitrogen and oxygen atoms in total. The summed E-state index contributed by atoms with van der Waals surface area (Å²) >= 11 is 3.34. The van der Waals surface area contributed by atoms with Crippen molar-refractivity contribution in [2.75, 3.05) is 13.2 Å². The van der Waals surface area contributed by atoms with Crippen molar-refractivity contribution >= 4 is 34.0 Å². The Balaban J connectivity index is 1.60. The molecule has 0 unspecified atom stereocenters. The van der Waals surface area contributed by atoms with Crippen molar-refractivity contribution in [2.24, 2.45) is 5.10 Å². The molecule has 1 N–H and O–H groups in total. The minimum Gasteiger partial charge on any atom is -0.490 e. The summed E-state index contributed by atoms with van der Waals surface area (Å²) in [5.74, 6) is 0.440. The number of carbonyl (C=O) groups is 2. The van der Waals surface area contributed by atoms with E-state index in [2.05, 4.69) is 26.5 Å². The summed E-state index contributed by atoms with van der Waals surface area (Å²) in [6.07, 6.45) is 1.47. The molecule has 0 bridgehead atoms. The standard InChI is InChI=1S/C25H23BrN2O5/c1-3-31-23-14-18(8-13-22(23)33-25(30)19-9-11-20(26)12-10-19)15-27-28-24(29)16-32-21-7-5-4-6-17(21)2/h4-15H,3,16H2,1-2H3,(H,28,29). The molecule has 0 fully saturated rings. The number of rotatable bonds is 9. The highest BCUT2D eigenvalue weighted by Crippen LogP contribution is 2.29. The molecule has 3 aromatic rings. The normalized spacial score (nSPS) is 10.6. The second-order valence-electron chi connectivity index (χ2n) is 6.88. The maximum Gasteiger partial charge on any atom is 0.343 e. The van der Waals surface area contributed by atoms with Crippen LogP contribution in [-0.2, 0) is 4.79 Å². The van der Waals surface area contributed by atoms with Gasteiger partial charge in [-0.1, -0.05) is 34.1 Å². The number of carbonyl (C=O) groups excluding carboxylic acids is 2. The van der Waals surface area contributed by atoms with E-state index in [1.165, 1.54) is 6.21 Å². The number of hydrazone groups is 1. The molecular weight excluding hydrogens is 488 g/mol.